The molecule has 0 saturated carbocycles. The third-order valence-corrected chi connectivity index (χ3v) is 1.02. The first-order valence-electron chi connectivity index (χ1n) is 4.35. The predicted octanol–water partition coefficient (Wildman–Crippen LogP) is -7.76. The van der Waals surface area contributed by atoms with Crippen LogP contribution < -0.4 is 15.3 Å². The van der Waals surface area contributed by atoms with Crippen molar-refractivity contribution in [1.82, 2.24) is 0 Å². The molecule has 0 aromatic carbocycles. The average Bonchev–Trinajstić information content (AvgIpc) is 2.45. The summed E-state index contributed by atoms with van der Waals surface area (Å²) in [5.41, 5.74) is 0. The molecule has 0 N–H and O–H groups in total. The van der Waals surface area contributed by atoms with Crippen LogP contribution in [0.25, 0.3) is 0 Å². The number of hydrogen-bond donors (Lipinski definition) is 0. The second-order valence-corrected chi connectivity index (χ2v) is 2.55. The largest absolute Gasteiger partial charge is 3.00 e. The van der Waals surface area contributed by atoms with Crippen LogP contribution in [0.15, 0.2) is 0 Å². The van der Waals surface area contributed by atoms with Gasteiger partial charge < -0.3 is 29.7 Å². The van der Waals surface area contributed by atoms with E-state index in [1.807, 2.05) is 0 Å². The van der Waals surface area contributed by atoms with Gasteiger partial charge >= 0.3 is 43.6 Å². The van der Waals surface area contributed by atoms with Crippen LogP contribution in [0.5, 0.6) is 0 Å². The van der Waals surface area contributed by atoms with Gasteiger partial charge in [-0.15, -0.1) is 0 Å². The van der Waals surface area contributed by atoms with Crippen LogP contribution in [0.3, 0.4) is 0 Å². The molecule has 0 rings (SSSR count). The minimum atomic E-state index is -2.30. The molecule has 0 spiro atoms. The second-order valence-electron chi connectivity index (χ2n) is 2.55. The van der Waals surface area contributed by atoms with Gasteiger partial charge in [0.2, 0.25) is 0 Å². The topological polar surface area (TPSA) is 301 Å². The van der Waals surface area contributed by atoms with E-state index in [0.29, 0.717) is 0 Å². The quantitative estimate of drug-likeness (QED) is 0.181. The number of amides is 3. The normalized spacial score (nSPS) is 7.68. The molecule has 0 fully saturated rings. The summed E-state index contributed by atoms with van der Waals surface area (Å²) in [6.45, 7) is 0. The molecule has 0 radical (unpaired) electrons. The predicted molar refractivity (Wildman–Crippen MR) is 56.8 cm³/mol. The van der Waals surface area contributed by atoms with Crippen molar-refractivity contribution in [2.45, 2.75) is 0 Å². The number of carboxylic acids is 3. The number of aliphatic carboxylic acids is 3. The minimum absolute atomic E-state index is 0. The van der Waals surface area contributed by atoms with Crippen molar-refractivity contribution in [3.8, 4) is 0 Å². The van der Waals surface area contributed by atoms with E-state index in [-0.39, 0.29) is 25.8 Å². The fourth-order valence-corrected chi connectivity index (χ4v) is 0.224. The van der Waals surface area contributed by atoms with Gasteiger partial charge in [0.1, 0.15) is 14.8 Å². The Morgan fingerprint density at radius 1 is 0.480 bits per heavy atom. The van der Waals surface area contributed by atoms with Gasteiger partial charge in [0.15, 0.2) is 17.9 Å². The van der Waals surface area contributed by atoms with Gasteiger partial charge in [0, 0.05) is 0 Å². The van der Waals surface area contributed by atoms with Crippen LogP contribution in [-0.2, 0) is 28.8 Å². The fourth-order valence-electron chi connectivity index (χ4n) is 0.224. The molecule has 25 heavy (non-hydrogen) atoms. The molecule has 0 aliphatic rings. The van der Waals surface area contributed by atoms with Gasteiger partial charge in [-0.05, 0) is 0 Å². The summed E-state index contributed by atoms with van der Waals surface area (Å²) in [5.74, 6) is -13.2. The molecule has 0 heterocycles. The molecule has 0 aliphatic heterocycles. The Labute approximate surface area is 151 Å². The SMILES string of the molecule is O=C([O-])C(=O)[N+](=O)[O-].O=C([O-])C(=O)[N+](=O)[O-].O=C([O-])C(=O)[N+](=O)[O-].[In+3]. The number of carbonyl (C=O) groups is 6. The Balaban J connectivity index is -0.000000130. The van der Waals surface area contributed by atoms with Crippen LogP contribution in [0, 0.1) is 30.3 Å². The van der Waals surface area contributed by atoms with Crippen LogP contribution in [0.1, 0.15) is 0 Å². The third-order valence-electron chi connectivity index (χ3n) is 1.02. The monoisotopic (exact) mass is 469 g/mol. The first kappa shape index (κ1) is 29.5. The van der Waals surface area contributed by atoms with Crippen molar-refractivity contribution < 1.29 is 58.9 Å². The third kappa shape index (κ3) is 16.7. The summed E-state index contributed by atoms with van der Waals surface area (Å²) in [5, 5.41) is 55.2. The van der Waals surface area contributed by atoms with E-state index in [4.69, 9.17) is 0 Å². The molecule has 3 amide bonds. The zero-order valence-electron chi connectivity index (χ0n) is 11.0. The Kier molecular flexibility index (Phi) is 16.6. The Bertz CT molecular complexity index is 489. The summed E-state index contributed by atoms with van der Waals surface area (Å²) in [6, 6.07) is 0. The van der Waals surface area contributed by atoms with Gasteiger partial charge in [-0.1, -0.05) is 0 Å². The first-order valence-corrected chi connectivity index (χ1v) is 4.35. The minimum Gasteiger partial charge on any atom is -0.537 e. The van der Waals surface area contributed by atoms with E-state index < -0.39 is 50.4 Å². The molecule has 132 valence electrons. The fraction of sp³-hybridized carbons (Fsp3) is 0. The maximum Gasteiger partial charge on any atom is 3.00 e. The Morgan fingerprint density at radius 2 is 0.600 bits per heavy atom. The van der Waals surface area contributed by atoms with E-state index in [9.17, 15) is 74.4 Å². The van der Waals surface area contributed by atoms with Crippen LogP contribution in [0.4, 0.5) is 0 Å². The van der Waals surface area contributed by atoms with E-state index in [2.05, 4.69) is 0 Å². The summed E-state index contributed by atoms with van der Waals surface area (Å²) in [6.07, 6.45) is 0. The van der Waals surface area contributed by atoms with Crippen LogP contribution >= 0.6 is 0 Å². The summed E-state index contributed by atoms with van der Waals surface area (Å²) in [7, 11) is 0. The van der Waals surface area contributed by atoms with Gasteiger partial charge in [0.25, 0.3) is 0 Å². The zero-order chi connectivity index (χ0) is 20.2. The number of nitrogens with zero attached hydrogens (tertiary/aromatic N) is 3. The Hall–Kier alpha value is -3.51. The first-order chi connectivity index (χ1) is 10.7. The number of carboxylic acid groups (broad SMARTS) is 3. The zero-order valence-corrected chi connectivity index (χ0v) is 14.3. The van der Waals surface area contributed by atoms with E-state index in [1.165, 1.54) is 0 Å². The van der Waals surface area contributed by atoms with Crippen LogP contribution in [0.2, 0.25) is 0 Å². The Morgan fingerprint density at radius 3 is 0.600 bits per heavy atom. The second kappa shape index (κ2) is 14.1. The van der Waals surface area contributed by atoms with Crippen molar-refractivity contribution in [1.29, 1.82) is 0 Å². The maximum atomic E-state index is 9.48. The van der Waals surface area contributed by atoms with Crippen LogP contribution in [-0.4, -0.2) is 76.2 Å². The van der Waals surface area contributed by atoms with Crippen molar-refractivity contribution >= 4 is 61.5 Å². The average molecular weight is 469 g/mol. The standard InChI is InChI=1S/3C2HNO5.In/c3*4-1(2(5)6)3(7)8;/h3*(H,5,6);/q;;;+3/p-3. The van der Waals surface area contributed by atoms with Crippen molar-refractivity contribution in [2.24, 2.45) is 0 Å². The molecular weight excluding hydrogens is 469 g/mol. The van der Waals surface area contributed by atoms with Gasteiger partial charge in [0.05, 0.1) is 0 Å². The maximum absolute atomic E-state index is 9.48. The molecule has 0 bridgehead atoms. The molecule has 0 aromatic heterocycles. The number of carbonyl (C=O) groups excluding carboxylic acids is 6. The van der Waals surface area contributed by atoms with Gasteiger partial charge in [-0.2, -0.15) is 0 Å². The molecular formula is C6InN3O15. The smallest absolute Gasteiger partial charge is 0.537 e. The molecule has 0 unspecified atom stereocenters. The molecule has 0 atom stereocenters. The summed E-state index contributed by atoms with van der Waals surface area (Å²) >= 11 is 0. The van der Waals surface area contributed by atoms with E-state index in [0.717, 1.165) is 0 Å². The number of hydrogen-bond acceptors (Lipinski definition) is 15. The number of rotatable bonds is 0. The van der Waals surface area contributed by atoms with Crippen molar-refractivity contribution in [3.05, 3.63) is 30.3 Å². The molecule has 0 aliphatic carbocycles. The molecule has 0 saturated heterocycles. The molecule has 0 aromatic rings. The number of nitro groups is 3. The van der Waals surface area contributed by atoms with E-state index in [1.54, 1.807) is 0 Å². The summed E-state index contributed by atoms with van der Waals surface area (Å²) < 4.78 is 0. The van der Waals surface area contributed by atoms with Crippen molar-refractivity contribution in [2.75, 3.05) is 0 Å². The van der Waals surface area contributed by atoms with Gasteiger partial charge in [-0.25, -0.2) is 14.4 Å². The summed E-state index contributed by atoms with van der Waals surface area (Å²) in [4.78, 5) is 79.0. The van der Waals surface area contributed by atoms with Crippen molar-refractivity contribution in [3.63, 3.8) is 0 Å². The van der Waals surface area contributed by atoms with E-state index >= 15 is 0 Å². The van der Waals surface area contributed by atoms with Gasteiger partial charge in [-0.3, -0.25) is 30.3 Å². The molecule has 18 nitrogen and oxygen atoms in total. The molecule has 19 heteroatoms.